The lowest BCUT2D eigenvalue weighted by molar-refractivity contribution is 0.0539. The molecule has 1 atom stereocenters. The molecule has 1 aromatic rings. The van der Waals surface area contributed by atoms with Crippen LogP contribution >= 0.6 is 11.3 Å². The second kappa shape index (κ2) is 4.76. The number of carbonyl (C=O) groups is 1. The Balaban J connectivity index is 1.73. The maximum absolute atomic E-state index is 12.5. The van der Waals surface area contributed by atoms with Gasteiger partial charge in [-0.25, -0.2) is 4.98 Å². The minimum absolute atomic E-state index is 0.0998. The summed E-state index contributed by atoms with van der Waals surface area (Å²) in [5.74, 6) is 0.0998. The molecule has 1 spiro atoms. The summed E-state index contributed by atoms with van der Waals surface area (Å²) < 4.78 is 0. The molecule has 0 radical (unpaired) electrons. The maximum atomic E-state index is 12.5. The summed E-state index contributed by atoms with van der Waals surface area (Å²) in [4.78, 5) is 21.5. The van der Waals surface area contributed by atoms with E-state index in [0.717, 1.165) is 32.6 Å². The first kappa shape index (κ1) is 12.9. The number of amides is 1. The van der Waals surface area contributed by atoms with E-state index >= 15 is 0 Å². The molecular weight excluding hydrogens is 260 g/mol. The Hall–Kier alpha value is -1.14. The Bertz CT molecular complexity index is 485. The maximum Gasteiger partial charge on any atom is 0.265 e. The average Bonchev–Trinajstić information content (AvgIpc) is 2.96. The number of nitrogen functional groups attached to an aromatic ring is 1. The average molecular weight is 280 g/mol. The van der Waals surface area contributed by atoms with Gasteiger partial charge in [-0.05, 0) is 32.9 Å². The summed E-state index contributed by atoms with van der Waals surface area (Å²) in [5.41, 5.74) is 5.93. The van der Waals surface area contributed by atoms with Crippen LogP contribution < -0.4 is 5.73 Å². The molecule has 1 amide bonds. The van der Waals surface area contributed by atoms with E-state index in [9.17, 15) is 4.79 Å². The van der Waals surface area contributed by atoms with E-state index in [1.165, 1.54) is 24.2 Å². The zero-order valence-electron chi connectivity index (χ0n) is 11.3. The van der Waals surface area contributed by atoms with E-state index in [2.05, 4.69) is 16.9 Å². The van der Waals surface area contributed by atoms with Crippen molar-refractivity contribution in [2.75, 3.05) is 39.0 Å². The van der Waals surface area contributed by atoms with Gasteiger partial charge in [0.2, 0.25) is 0 Å². The van der Waals surface area contributed by atoms with Crippen molar-refractivity contribution < 1.29 is 4.79 Å². The first-order valence-corrected chi connectivity index (χ1v) is 7.59. The van der Waals surface area contributed by atoms with E-state index in [1.54, 1.807) is 6.20 Å². The summed E-state index contributed by atoms with van der Waals surface area (Å²) in [6, 6.07) is 0. The molecule has 0 bridgehead atoms. The topological polar surface area (TPSA) is 62.5 Å². The molecule has 2 aliphatic heterocycles. The van der Waals surface area contributed by atoms with E-state index in [4.69, 9.17) is 5.73 Å². The molecule has 1 unspecified atom stereocenters. The molecule has 6 heteroatoms. The van der Waals surface area contributed by atoms with E-state index in [-0.39, 0.29) is 5.91 Å². The first-order valence-electron chi connectivity index (χ1n) is 6.77. The van der Waals surface area contributed by atoms with Crippen LogP contribution in [0.1, 0.15) is 28.9 Å². The van der Waals surface area contributed by atoms with Crippen molar-refractivity contribution in [2.24, 2.45) is 5.41 Å². The number of nitrogens with two attached hydrogens (primary N) is 1. The third-order valence-electron chi connectivity index (χ3n) is 4.31. The van der Waals surface area contributed by atoms with Crippen LogP contribution in [-0.2, 0) is 0 Å². The van der Waals surface area contributed by atoms with Crippen LogP contribution in [0.3, 0.4) is 0 Å². The van der Waals surface area contributed by atoms with Crippen LogP contribution in [0, 0.1) is 5.41 Å². The van der Waals surface area contributed by atoms with E-state index in [1.807, 2.05) is 4.90 Å². The monoisotopic (exact) mass is 280 g/mol. The van der Waals surface area contributed by atoms with Crippen molar-refractivity contribution in [1.29, 1.82) is 0 Å². The van der Waals surface area contributed by atoms with Gasteiger partial charge in [0.15, 0.2) is 5.13 Å². The summed E-state index contributed by atoms with van der Waals surface area (Å²) in [6.45, 7) is 4.01. The van der Waals surface area contributed by atoms with Gasteiger partial charge in [0.25, 0.3) is 5.91 Å². The minimum atomic E-state index is 0.0998. The van der Waals surface area contributed by atoms with Gasteiger partial charge in [-0.3, -0.25) is 4.79 Å². The molecule has 1 aromatic heterocycles. The molecule has 3 rings (SSSR count). The summed E-state index contributed by atoms with van der Waals surface area (Å²) >= 11 is 1.29. The summed E-state index contributed by atoms with van der Waals surface area (Å²) in [7, 11) is 2.17. The van der Waals surface area contributed by atoms with Crippen LogP contribution in [0.2, 0.25) is 0 Å². The quantitative estimate of drug-likeness (QED) is 0.842. The molecule has 0 saturated carbocycles. The summed E-state index contributed by atoms with van der Waals surface area (Å²) in [5, 5.41) is 0.468. The minimum Gasteiger partial charge on any atom is -0.375 e. The highest BCUT2D eigenvalue weighted by Gasteiger charge is 2.41. The third kappa shape index (κ3) is 2.47. The molecule has 104 valence electrons. The Labute approximate surface area is 117 Å². The number of rotatable bonds is 1. The van der Waals surface area contributed by atoms with E-state index < -0.39 is 0 Å². The van der Waals surface area contributed by atoms with E-state index in [0.29, 0.717) is 15.4 Å². The smallest absolute Gasteiger partial charge is 0.265 e. The van der Waals surface area contributed by atoms with Gasteiger partial charge < -0.3 is 15.5 Å². The van der Waals surface area contributed by atoms with Gasteiger partial charge in [0, 0.05) is 25.0 Å². The standard InChI is InChI=1S/C13H20N4OS/c1-16-6-4-13(8-16)3-2-5-17(9-13)11(18)10-7-15-12(14)19-10/h7H,2-6,8-9H2,1H3,(H2,14,15). The number of hydrogen-bond donors (Lipinski definition) is 1. The number of piperidine rings is 1. The molecule has 2 fully saturated rings. The third-order valence-corrected chi connectivity index (χ3v) is 5.13. The molecule has 3 heterocycles. The van der Waals surface area contributed by atoms with Crippen LogP contribution in [0.25, 0.3) is 0 Å². The highest BCUT2D eigenvalue weighted by molar-refractivity contribution is 7.17. The highest BCUT2D eigenvalue weighted by Crippen LogP contribution is 2.38. The first-order chi connectivity index (χ1) is 9.08. The van der Waals surface area contributed by atoms with Crippen LogP contribution in [0.5, 0.6) is 0 Å². The second-order valence-corrected chi connectivity index (χ2v) is 6.94. The lowest BCUT2D eigenvalue weighted by Crippen LogP contribution is -2.47. The molecule has 19 heavy (non-hydrogen) atoms. The lowest BCUT2D eigenvalue weighted by Gasteiger charge is -2.40. The largest absolute Gasteiger partial charge is 0.375 e. The van der Waals surface area contributed by atoms with Gasteiger partial charge in [-0.1, -0.05) is 11.3 Å². The molecule has 5 nitrogen and oxygen atoms in total. The second-order valence-electron chi connectivity index (χ2n) is 5.88. The highest BCUT2D eigenvalue weighted by atomic mass is 32.1. The molecule has 0 aliphatic carbocycles. The van der Waals surface area contributed by atoms with Gasteiger partial charge in [-0.2, -0.15) is 0 Å². The molecule has 2 aliphatic rings. The van der Waals surface area contributed by atoms with Crippen LogP contribution in [0.15, 0.2) is 6.20 Å². The lowest BCUT2D eigenvalue weighted by atomic mass is 9.79. The van der Waals surface area contributed by atoms with Gasteiger partial charge in [-0.15, -0.1) is 0 Å². The number of hydrogen-bond acceptors (Lipinski definition) is 5. The Morgan fingerprint density at radius 1 is 1.42 bits per heavy atom. The molecule has 2 N–H and O–H groups in total. The molecule has 2 saturated heterocycles. The SMILES string of the molecule is CN1CCC2(CCCN(C(=O)c3cnc(N)s3)C2)C1. The number of carbonyl (C=O) groups excluding carboxylic acids is 1. The Morgan fingerprint density at radius 3 is 2.89 bits per heavy atom. The predicted octanol–water partition coefficient (Wildman–Crippen LogP) is 1.28. The zero-order valence-corrected chi connectivity index (χ0v) is 12.1. The summed E-state index contributed by atoms with van der Waals surface area (Å²) in [6.07, 6.45) is 5.16. The van der Waals surface area contributed by atoms with Crippen LogP contribution in [0.4, 0.5) is 5.13 Å². The normalized spacial score (nSPS) is 28.2. The predicted molar refractivity (Wildman–Crippen MR) is 76.2 cm³/mol. The van der Waals surface area contributed by atoms with Gasteiger partial charge in [0.05, 0.1) is 6.20 Å². The Kier molecular flexibility index (Phi) is 3.22. The van der Waals surface area contributed by atoms with Crippen molar-refractivity contribution in [3.8, 4) is 0 Å². The number of anilines is 1. The van der Waals surface area contributed by atoms with Crippen molar-refractivity contribution in [2.45, 2.75) is 19.3 Å². The number of thiazole rings is 1. The van der Waals surface area contributed by atoms with Crippen LogP contribution in [-0.4, -0.2) is 53.9 Å². The van der Waals surface area contributed by atoms with Crippen molar-refractivity contribution in [1.82, 2.24) is 14.8 Å². The Morgan fingerprint density at radius 2 is 2.26 bits per heavy atom. The number of aromatic nitrogens is 1. The fourth-order valence-corrected chi connectivity index (χ4v) is 4.07. The van der Waals surface area contributed by atoms with Gasteiger partial charge in [0.1, 0.15) is 4.88 Å². The molecular formula is C13H20N4OS. The fourth-order valence-electron chi connectivity index (χ4n) is 3.42. The van der Waals surface area contributed by atoms with Crippen molar-refractivity contribution >= 4 is 22.4 Å². The van der Waals surface area contributed by atoms with Crippen molar-refractivity contribution in [3.63, 3.8) is 0 Å². The molecule has 0 aromatic carbocycles. The number of nitrogens with zero attached hydrogens (tertiary/aromatic N) is 3. The zero-order chi connectivity index (χ0) is 13.5. The number of likely N-dealkylation sites (tertiary alicyclic amines) is 2. The fraction of sp³-hybridized carbons (Fsp3) is 0.692. The van der Waals surface area contributed by atoms with Crippen molar-refractivity contribution in [3.05, 3.63) is 11.1 Å². The van der Waals surface area contributed by atoms with Gasteiger partial charge >= 0.3 is 0 Å².